The minimum atomic E-state index is 0.450. The molecule has 1 heterocycles. The lowest BCUT2D eigenvalue weighted by Crippen LogP contribution is -2.31. The Balaban J connectivity index is 2.49. The third-order valence-corrected chi connectivity index (χ3v) is 2.30. The Morgan fingerprint density at radius 3 is 2.64 bits per heavy atom. The highest BCUT2D eigenvalue weighted by Gasteiger charge is 2.07. The minimum Gasteiger partial charge on any atom is -0.382 e. The number of rotatable bonds is 4. The Bertz CT molecular complexity index is 291. The number of anilines is 2. The molecule has 1 atom stereocenters. The second-order valence-corrected chi connectivity index (χ2v) is 3.78. The molecule has 80 valence electrons. The van der Waals surface area contributed by atoms with Gasteiger partial charge in [-0.25, -0.2) is 4.98 Å². The monoisotopic (exact) mass is 197 g/mol. The summed E-state index contributed by atoms with van der Waals surface area (Å²) in [6.07, 6.45) is 0. The van der Waals surface area contributed by atoms with Crippen LogP contribution in [0.2, 0.25) is 0 Å². The first-order valence-corrected chi connectivity index (χ1v) is 4.73. The molecule has 0 aliphatic carbocycles. The number of hydrogen-bond donors (Lipinski definition) is 3. The van der Waals surface area contributed by atoms with E-state index in [1.54, 1.807) is 0 Å². The number of likely N-dealkylation sites (N-methyl/N-ethyl adjacent to an activating group) is 1. The Kier molecular flexibility index (Phi) is 3.35. The van der Waals surface area contributed by atoms with Crippen molar-refractivity contribution in [2.75, 3.05) is 31.7 Å². The first kappa shape index (κ1) is 10.8. The Morgan fingerprint density at radius 2 is 2.21 bits per heavy atom. The van der Waals surface area contributed by atoms with Gasteiger partial charge in [-0.2, -0.15) is 0 Å². The standard InChI is InChI=1S/C9H19N5/c1-6(14(3)4)5-11-9-8(10)12-7(2)13-9/h6,11H,5,10H2,1-4H3,(H,12,13). The van der Waals surface area contributed by atoms with Crippen molar-refractivity contribution in [2.45, 2.75) is 19.9 Å². The highest BCUT2D eigenvalue weighted by atomic mass is 15.2. The molecule has 14 heavy (non-hydrogen) atoms. The number of nitrogens with one attached hydrogen (secondary N) is 2. The highest BCUT2D eigenvalue weighted by molar-refractivity contribution is 5.56. The third-order valence-electron chi connectivity index (χ3n) is 2.30. The van der Waals surface area contributed by atoms with E-state index in [0.717, 1.165) is 18.2 Å². The van der Waals surface area contributed by atoms with E-state index < -0.39 is 0 Å². The zero-order chi connectivity index (χ0) is 10.7. The van der Waals surface area contributed by atoms with Gasteiger partial charge in [-0.1, -0.05) is 0 Å². The summed E-state index contributed by atoms with van der Waals surface area (Å²) in [6, 6.07) is 0.450. The minimum absolute atomic E-state index is 0.450. The zero-order valence-electron chi connectivity index (χ0n) is 9.26. The molecule has 0 aliphatic heterocycles. The van der Waals surface area contributed by atoms with Crippen molar-refractivity contribution in [1.29, 1.82) is 0 Å². The van der Waals surface area contributed by atoms with Crippen LogP contribution in [-0.4, -0.2) is 41.5 Å². The van der Waals surface area contributed by atoms with Crippen molar-refractivity contribution >= 4 is 11.6 Å². The van der Waals surface area contributed by atoms with E-state index in [4.69, 9.17) is 5.73 Å². The van der Waals surface area contributed by atoms with E-state index >= 15 is 0 Å². The number of nitrogens with two attached hydrogens (primary N) is 1. The van der Waals surface area contributed by atoms with Crippen LogP contribution in [0.3, 0.4) is 0 Å². The van der Waals surface area contributed by atoms with Crippen molar-refractivity contribution in [2.24, 2.45) is 0 Å². The summed E-state index contributed by atoms with van der Waals surface area (Å²) in [4.78, 5) is 9.32. The molecule has 0 saturated heterocycles. The van der Waals surface area contributed by atoms with Gasteiger partial charge in [0.15, 0.2) is 5.82 Å². The van der Waals surface area contributed by atoms with Crippen molar-refractivity contribution in [3.8, 4) is 0 Å². The van der Waals surface area contributed by atoms with Gasteiger partial charge in [0.2, 0.25) is 0 Å². The first-order valence-electron chi connectivity index (χ1n) is 4.73. The number of nitrogen functional groups attached to an aromatic ring is 1. The largest absolute Gasteiger partial charge is 0.382 e. The molecule has 0 saturated carbocycles. The SMILES string of the molecule is Cc1nc(NCC(C)N(C)C)c(N)[nH]1. The van der Waals surface area contributed by atoms with Crippen LogP contribution in [-0.2, 0) is 0 Å². The van der Waals surface area contributed by atoms with Gasteiger partial charge < -0.3 is 20.9 Å². The van der Waals surface area contributed by atoms with E-state index in [1.807, 2.05) is 21.0 Å². The van der Waals surface area contributed by atoms with Gasteiger partial charge in [-0.15, -0.1) is 0 Å². The van der Waals surface area contributed by atoms with E-state index in [-0.39, 0.29) is 0 Å². The number of aryl methyl sites for hydroxylation is 1. The zero-order valence-corrected chi connectivity index (χ0v) is 9.26. The average Bonchev–Trinajstić information content (AvgIpc) is 2.40. The molecule has 0 spiro atoms. The molecule has 4 N–H and O–H groups in total. The molecule has 1 unspecified atom stereocenters. The van der Waals surface area contributed by atoms with Crippen LogP contribution in [0.25, 0.3) is 0 Å². The third kappa shape index (κ3) is 2.63. The number of nitrogens with zero attached hydrogens (tertiary/aromatic N) is 2. The predicted octanol–water partition coefficient (Wildman–Crippen LogP) is 0.662. The predicted molar refractivity (Wildman–Crippen MR) is 59.4 cm³/mol. The number of imidazole rings is 1. The van der Waals surface area contributed by atoms with Crippen LogP contribution in [0.4, 0.5) is 11.6 Å². The average molecular weight is 197 g/mol. The number of hydrogen-bond acceptors (Lipinski definition) is 4. The van der Waals surface area contributed by atoms with Crippen LogP contribution < -0.4 is 11.1 Å². The van der Waals surface area contributed by atoms with Crippen molar-refractivity contribution < 1.29 is 0 Å². The molecule has 1 aromatic rings. The summed E-state index contributed by atoms with van der Waals surface area (Å²) >= 11 is 0. The maximum absolute atomic E-state index is 5.71. The fourth-order valence-electron chi connectivity index (χ4n) is 1.07. The summed E-state index contributed by atoms with van der Waals surface area (Å²) in [5.74, 6) is 2.19. The van der Waals surface area contributed by atoms with Crippen LogP contribution >= 0.6 is 0 Å². The number of aromatic nitrogens is 2. The molecule has 1 rings (SSSR count). The van der Waals surface area contributed by atoms with Crippen molar-refractivity contribution in [3.05, 3.63) is 5.82 Å². The Labute approximate surface area is 84.7 Å². The van der Waals surface area contributed by atoms with Crippen LogP contribution in [0.15, 0.2) is 0 Å². The first-order chi connectivity index (χ1) is 6.50. The second kappa shape index (κ2) is 4.32. The van der Waals surface area contributed by atoms with Crippen molar-refractivity contribution in [1.82, 2.24) is 14.9 Å². The lowest BCUT2D eigenvalue weighted by molar-refractivity contribution is 0.326. The van der Waals surface area contributed by atoms with E-state index in [9.17, 15) is 0 Å². The van der Waals surface area contributed by atoms with E-state index in [1.165, 1.54) is 0 Å². The van der Waals surface area contributed by atoms with E-state index in [2.05, 4.69) is 27.1 Å². The summed E-state index contributed by atoms with van der Waals surface area (Å²) in [5.41, 5.74) is 5.71. The van der Waals surface area contributed by atoms with Gasteiger partial charge in [-0.05, 0) is 27.9 Å². The number of H-pyrrole nitrogens is 1. The molecule has 0 aromatic carbocycles. The van der Waals surface area contributed by atoms with Gasteiger partial charge in [0, 0.05) is 12.6 Å². The van der Waals surface area contributed by atoms with Gasteiger partial charge in [-0.3, -0.25) is 0 Å². The molecule has 1 aromatic heterocycles. The van der Waals surface area contributed by atoms with Gasteiger partial charge in [0.05, 0.1) is 0 Å². The van der Waals surface area contributed by atoms with Gasteiger partial charge in [0.1, 0.15) is 11.6 Å². The molecule has 0 radical (unpaired) electrons. The topological polar surface area (TPSA) is 70.0 Å². The molecule has 5 heteroatoms. The van der Waals surface area contributed by atoms with Gasteiger partial charge in [0.25, 0.3) is 0 Å². The molecule has 0 amide bonds. The summed E-state index contributed by atoms with van der Waals surface area (Å²) < 4.78 is 0. The maximum atomic E-state index is 5.71. The second-order valence-electron chi connectivity index (χ2n) is 3.78. The molecule has 5 nitrogen and oxygen atoms in total. The molecular weight excluding hydrogens is 178 g/mol. The fraction of sp³-hybridized carbons (Fsp3) is 0.667. The quantitative estimate of drug-likeness (QED) is 0.663. The van der Waals surface area contributed by atoms with Crippen LogP contribution in [0, 0.1) is 6.92 Å². The maximum Gasteiger partial charge on any atom is 0.168 e. The smallest absolute Gasteiger partial charge is 0.168 e. The van der Waals surface area contributed by atoms with E-state index in [0.29, 0.717) is 11.9 Å². The van der Waals surface area contributed by atoms with Crippen molar-refractivity contribution in [3.63, 3.8) is 0 Å². The lowest BCUT2D eigenvalue weighted by Gasteiger charge is -2.19. The lowest BCUT2D eigenvalue weighted by atomic mass is 10.3. The number of aromatic amines is 1. The summed E-state index contributed by atoms with van der Waals surface area (Å²) in [7, 11) is 4.09. The van der Waals surface area contributed by atoms with Crippen LogP contribution in [0.5, 0.6) is 0 Å². The molecule has 0 fully saturated rings. The molecule has 0 bridgehead atoms. The summed E-state index contributed by atoms with van der Waals surface area (Å²) in [5, 5.41) is 3.21. The normalized spacial score (nSPS) is 13.2. The highest BCUT2D eigenvalue weighted by Crippen LogP contribution is 2.13. The van der Waals surface area contributed by atoms with Crippen LogP contribution in [0.1, 0.15) is 12.7 Å². The molecular formula is C9H19N5. The Morgan fingerprint density at radius 1 is 1.57 bits per heavy atom. The summed E-state index contributed by atoms with van der Waals surface area (Å²) in [6.45, 7) is 4.86. The fourth-order valence-corrected chi connectivity index (χ4v) is 1.07. The van der Waals surface area contributed by atoms with Gasteiger partial charge >= 0.3 is 0 Å². The Hall–Kier alpha value is -1.23. The molecule has 0 aliphatic rings.